The normalized spacial score (nSPS) is 18.5. The first-order chi connectivity index (χ1) is 12.1. The molecule has 1 saturated heterocycles. The molecule has 0 radical (unpaired) electrons. The second-order valence-electron chi connectivity index (χ2n) is 7.12. The number of guanidine groups is 1. The Hall–Kier alpha value is -0.410. The van der Waals surface area contributed by atoms with Crippen LogP contribution in [0.3, 0.4) is 0 Å². The van der Waals surface area contributed by atoms with Crippen molar-refractivity contribution in [3.8, 4) is 0 Å². The second kappa shape index (κ2) is 12.9. The van der Waals surface area contributed by atoms with E-state index in [0.717, 1.165) is 35.7 Å². The number of nitrogens with one attached hydrogen (secondary N) is 2. The molecule has 1 atom stereocenters. The Kier molecular flexibility index (Phi) is 11.7. The largest absolute Gasteiger partial charge is 0.357 e. The highest BCUT2D eigenvalue weighted by atomic mass is 127. The van der Waals surface area contributed by atoms with Gasteiger partial charge < -0.3 is 15.5 Å². The topological polar surface area (TPSA) is 52.6 Å². The van der Waals surface area contributed by atoms with Crippen LogP contribution in [0.15, 0.2) is 4.99 Å². The van der Waals surface area contributed by atoms with Gasteiger partial charge in [0.15, 0.2) is 5.96 Å². The Morgan fingerprint density at radius 2 is 2.12 bits per heavy atom. The summed E-state index contributed by atoms with van der Waals surface area (Å²) in [5.74, 6) is 1.79. The lowest BCUT2D eigenvalue weighted by atomic mass is 10.0. The van der Waals surface area contributed by atoms with Crippen LogP contribution < -0.4 is 10.6 Å². The monoisotopic (exact) mass is 493 g/mol. The molecule has 0 bridgehead atoms. The maximum atomic E-state index is 4.71. The van der Waals surface area contributed by atoms with Gasteiger partial charge in [-0.1, -0.05) is 6.92 Å². The third-order valence-electron chi connectivity index (χ3n) is 4.66. The molecular weight excluding hydrogens is 457 g/mol. The van der Waals surface area contributed by atoms with Crippen LogP contribution in [0.4, 0.5) is 0 Å². The zero-order chi connectivity index (χ0) is 18.1. The second-order valence-corrected chi connectivity index (χ2v) is 8.41. The van der Waals surface area contributed by atoms with E-state index in [1.165, 1.54) is 50.2 Å². The fourth-order valence-electron chi connectivity index (χ4n) is 3.37. The van der Waals surface area contributed by atoms with Gasteiger partial charge in [-0.3, -0.25) is 0 Å². The van der Waals surface area contributed by atoms with Crippen LogP contribution in [0.2, 0.25) is 0 Å². The fraction of sp³-hybridized carbons (Fsp3) is 0.789. The molecule has 0 amide bonds. The van der Waals surface area contributed by atoms with Crippen molar-refractivity contribution in [2.45, 2.75) is 59.9 Å². The summed E-state index contributed by atoms with van der Waals surface area (Å²) in [6.45, 7) is 15.0. The van der Waals surface area contributed by atoms with E-state index in [4.69, 9.17) is 4.99 Å². The van der Waals surface area contributed by atoms with E-state index in [1.807, 2.05) is 0 Å². The number of aromatic nitrogens is 1. The van der Waals surface area contributed by atoms with Crippen molar-refractivity contribution >= 4 is 41.3 Å². The molecule has 1 fully saturated rings. The van der Waals surface area contributed by atoms with Gasteiger partial charge in [-0.05, 0) is 65.5 Å². The number of hydrogen-bond donors (Lipinski definition) is 2. The zero-order valence-corrected chi connectivity index (χ0v) is 20.0. The van der Waals surface area contributed by atoms with Crippen LogP contribution in [0.5, 0.6) is 0 Å². The molecule has 7 heteroatoms. The van der Waals surface area contributed by atoms with E-state index in [-0.39, 0.29) is 24.0 Å². The first kappa shape index (κ1) is 23.6. The minimum Gasteiger partial charge on any atom is -0.357 e. The van der Waals surface area contributed by atoms with Crippen molar-refractivity contribution in [3.63, 3.8) is 0 Å². The van der Waals surface area contributed by atoms with Gasteiger partial charge in [-0.15, -0.1) is 35.3 Å². The molecule has 2 heterocycles. The Morgan fingerprint density at radius 1 is 1.31 bits per heavy atom. The minimum absolute atomic E-state index is 0. The lowest BCUT2D eigenvalue weighted by molar-refractivity contribution is 0.181. The Balaban J connectivity index is 0.00000338. The van der Waals surface area contributed by atoms with E-state index in [0.29, 0.717) is 6.54 Å². The number of likely N-dealkylation sites (tertiary alicyclic amines) is 1. The van der Waals surface area contributed by atoms with E-state index < -0.39 is 0 Å². The maximum absolute atomic E-state index is 4.71. The molecule has 0 aliphatic carbocycles. The van der Waals surface area contributed by atoms with Crippen molar-refractivity contribution in [3.05, 3.63) is 15.6 Å². The molecule has 1 aromatic heterocycles. The number of thiazole rings is 1. The summed E-state index contributed by atoms with van der Waals surface area (Å²) in [5.41, 5.74) is 1.11. The predicted octanol–water partition coefficient (Wildman–Crippen LogP) is 3.95. The van der Waals surface area contributed by atoms with Crippen LogP contribution in [0.1, 0.15) is 55.1 Å². The number of aliphatic imine (C=N–C) groups is 1. The highest BCUT2D eigenvalue weighted by Crippen LogP contribution is 2.18. The minimum atomic E-state index is 0. The summed E-state index contributed by atoms with van der Waals surface area (Å²) >= 11 is 1.74. The number of halogens is 1. The molecule has 1 aliphatic heterocycles. The van der Waals surface area contributed by atoms with Crippen molar-refractivity contribution in [2.75, 3.05) is 32.7 Å². The van der Waals surface area contributed by atoms with Gasteiger partial charge >= 0.3 is 0 Å². The molecule has 1 aliphatic rings. The molecule has 2 N–H and O–H groups in total. The number of unbranched alkanes of at least 4 members (excludes halogenated alkanes) is 1. The van der Waals surface area contributed by atoms with Crippen LogP contribution in [-0.2, 0) is 6.54 Å². The van der Waals surface area contributed by atoms with Gasteiger partial charge in [0.2, 0.25) is 0 Å². The van der Waals surface area contributed by atoms with E-state index in [9.17, 15) is 0 Å². The number of hydrogen-bond acceptors (Lipinski definition) is 4. The molecule has 150 valence electrons. The fourth-order valence-corrected chi connectivity index (χ4v) is 4.23. The highest BCUT2D eigenvalue weighted by Gasteiger charge is 2.15. The van der Waals surface area contributed by atoms with E-state index in [2.05, 4.69) is 48.2 Å². The molecular formula is C19H36IN5S. The lowest BCUT2D eigenvalue weighted by Crippen LogP contribution is -2.38. The standard InChI is InChI=1S/C19H35N5S.HI/c1-5-20-19(22-13-18-16(3)23-17(4)25-18)21-10-6-7-11-24-12-8-9-15(2)14-24;/h15H,5-14H2,1-4H3,(H2,20,21,22);1H. The highest BCUT2D eigenvalue weighted by molar-refractivity contribution is 14.0. The van der Waals surface area contributed by atoms with Crippen molar-refractivity contribution in [1.82, 2.24) is 20.5 Å². The Morgan fingerprint density at radius 3 is 2.77 bits per heavy atom. The van der Waals surface area contributed by atoms with Crippen molar-refractivity contribution in [1.29, 1.82) is 0 Å². The summed E-state index contributed by atoms with van der Waals surface area (Å²) in [5, 5.41) is 7.92. The number of rotatable bonds is 8. The third-order valence-corrected chi connectivity index (χ3v) is 5.72. The molecule has 0 spiro atoms. The molecule has 0 aromatic carbocycles. The van der Waals surface area contributed by atoms with Crippen LogP contribution in [-0.4, -0.2) is 48.6 Å². The van der Waals surface area contributed by atoms with Gasteiger partial charge in [0.05, 0.1) is 17.2 Å². The quantitative estimate of drug-likeness (QED) is 0.249. The first-order valence-corrected chi connectivity index (χ1v) is 10.6. The average molecular weight is 494 g/mol. The molecule has 2 rings (SSSR count). The predicted molar refractivity (Wildman–Crippen MR) is 124 cm³/mol. The molecule has 26 heavy (non-hydrogen) atoms. The maximum Gasteiger partial charge on any atom is 0.191 e. The number of aryl methyl sites for hydroxylation is 2. The van der Waals surface area contributed by atoms with Crippen LogP contribution >= 0.6 is 35.3 Å². The first-order valence-electron chi connectivity index (χ1n) is 9.76. The third kappa shape index (κ3) is 8.52. The lowest BCUT2D eigenvalue weighted by Gasteiger charge is -2.30. The van der Waals surface area contributed by atoms with Gasteiger partial charge in [-0.25, -0.2) is 9.98 Å². The van der Waals surface area contributed by atoms with Gasteiger partial charge in [0, 0.05) is 24.5 Å². The summed E-state index contributed by atoms with van der Waals surface area (Å²) in [7, 11) is 0. The van der Waals surface area contributed by atoms with Gasteiger partial charge in [0.25, 0.3) is 0 Å². The van der Waals surface area contributed by atoms with Crippen molar-refractivity contribution in [2.24, 2.45) is 10.9 Å². The Labute approximate surface area is 180 Å². The van der Waals surface area contributed by atoms with Gasteiger partial charge in [0.1, 0.15) is 0 Å². The number of nitrogens with zero attached hydrogens (tertiary/aromatic N) is 3. The van der Waals surface area contributed by atoms with Gasteiger partial charge in [-0.2, -0.15) is 0 Å². The summed E-state index contributed by atoms with van der Waals surface area (Å²) in [6.07, 6.45) is 5.21. The SMILES string of the molecule is CCNC(=NCc1sc(C)nc1C)NCCCCN1CCCC(C)C1.I. The van der Waals surface area contributed by atoms with Crippen LogP contribution in [0, 0.1) is 19.8 Å². The van der Waals surface area contributed by atoms with E-state index in [1.54, 1.807) is 11.3 Å². The molecule has 0 saturated carbocycles. The summed E-state index contributed by atoms with van der Waals surface area (Å²) in [4.78, 5) is 13.1. The molecule has 1 aromatic rings. The molecule has 5 nitrogen and oxygen atoms in total. The smallest absolute Gasteiger partial charge is 0.191 e. The number of piperidine rings is 1. The molecule has 1 unspecified atom stereocenters. The Bertz CT molecular complexity index is 546. The zero-order valence-electron chi connectivity index (χ0n) is 16.8. The van der Waals surface area contributed by atoms with Crippen molar-refractivity contribution < 1.29 is 0 Å². The summed E-state index contributed by atoms with van der Waals surface area (Å²) in [6, 6.07) is 0. The summed E-state index contributed by atoms with van der Waals surface area (Å²) < 4.78 is 0. The van der Waals surface area contributed by atoms with E-state index >= 15 is 0 Å². The average Bonchev–Trinajstić information content (AvgIpc) is 2.90. The van der Waals surface area contributed by atoms with Crippen LogP contribution in [0.25, 0.3) is 0 Å².